The Hall–Kier alpha value is -1.65. The van der Waals surface area contributed by atoms with Crippen LogP contribution in [0.1, 0.15) is 0 Å². The maximum atomic E-state index is 6.06. The van der Waals surface area contributed by atoms with Crippen molar-refractivity contribution < 1.29 is 4.42 Å². The normalized spacial score (nSPS) is 11.2. The molecule has 0 aliphatic heterocycles. The second-order valence-corrected chi connectivity index (χ2v) is 4.40. The van der Waals surface area contributed by atoms with Gasteiger partial charge in [0.25, 0.3) is 0 Å². The average molecular weight is 268 g/mol. The molecule has 3 aromatic heterocycles. The van der Waals surface area contributed by atoms with E-state index in [0.29, 0.717) is 27.2 Å². The van der Waals surface area contributed by atoms with Crippen molar-refractivity contribution in [1.82, 2.24) is 9.38 Å². The van der Waals surface area contributed by atoms with Crippen LogP contribution in [0.3, 0.4) is 0 Å². The molecule has 3 heterocycles. The molecule has 0 aliphatic carbocycles. The fourth-order valence-electron chi connectivity index (χ4n) is 1.70. The Balaban J connectivity index is 2.36. The smallest absolute Gasteiger partial charge is 0.158 e. The molecule has 0 atom stereocenters. The summed E-state index contributed by atoms with van der Waals surface area (Å²) in [4.78, 5) is 4.38. The highest BCUT2D eigenvalue weighted by Gasteiger charge is 2.14. The molecule has 86 valence electrons. The Labute approximate surface area is 107 Å². The molecule has 0 unspecified atom stereocenters. The van der Waals surface area contributed by atoms with Crippen LogP contribution in [0.25, 0.3) is 16.9 Å². The minimum atomic E-state index is 0.457. The Morgan fingerprint density at radius 1 is 1.35 bits per heavy atom. The van der Waals surface area contributed by atoms with E-state index in [1.54, 1.807) is 35.3 Å². The number of pyridine rings is 1. The van der Waals surface area contributed by atoms with Gasteiger partial charge in [-0.15, -0.1) is 0 Å². The van der Waals surface area contributed by atoms with Crippen LogP contribution in [0.4, 0.5) is 5.82 Å². The zero-order chi connectivity index (χ0) is 12.0. The summed E-state index contributed by atoms with van der Waals surface area (Å²) in [7, 11) is 0. The molecule has 4 nitrogen and oxygen atoms in total. The summed E-state index contributed by atoms with van der Waals surface area (Å²) < 4.78 is 6.67. The Bertz CT molecular complexity index is 688. The predicted molar refractivity (Wildman–Crippen MR) is 67.3 cm³/mol. The van der Waals surface area contributed by atoms with E-state index >= 15 is 0 Å². The number of nitrogens with zero attached hydrogens (tertiary/aromatic N) is 2. The highest BCUT2D eigenvalue weighted by Crippen LogP contribution is 2.31. The van der Waals surface area contributed by atoms with Crippen molar-refractivity contribution in [3.05, 3.63) is 40.9 Å². The van der Waals surface area contributed by atoms with Crippen LogP contribution in [-0.2, 0) is 0 Å². The second kappa shape index (κ2) is 3.68. The predicted octanol–water partition coefficient (Wildman–Crippen LogP) is 3.48. The van der Waals surface area contributed by atoms with E-state index in [1.165, 1.54) is 0 Å². The molecular weight excluding hydrogens is 261 g/mol. The number of nitrogen functional groups attached to an aromatic ring is 1. The number of halogens is 2. The first-order chi connectivity index (χ1) is 8.16. The van der Waals surface area contributed by atoms with Gasteiger partial charge in [-0.05, 0) is 12.1 Å². The summed E-state index contributed by atoms with van der Waals surface area (Å²) in [5.74, 6) is 0.478. The zero-order valence-corrected chi connectivity index (χ0v) is 10.0. The van der Waals surface area contributed by atoms with Crippen molar-refractivity contribution in [3.63, 3.8) is 0 Å². The van der Waals surface area contributed by atoms with E-state index in [9.17, 15) is 0 Å². The monoisotopic (exact) mass is 267 g/mol. The van der Waals surface area contributed by atoms with Gasteiger partial charge in [0.15, 0.2) is 5.65 Å². The van der Waals surface area contributed by atoms with Gasteiger partial charge in [0.1, 0.15) is 11.5 Å². The van der Waals surface area contributed by atoms with Gasteiger partial charge >= 0.3 is 0 Å². The lowest BCUT2D eigenvalue weighted by Crippen LogP contribution is -1.93. The number of anilines is 1. The second-order valence-electron chi connectivity index (χ2n) is 3.56. The molecule has 3 rings (SSSR count). The van der Waals surface area contributed by atoms with Crippen molar-refractivity contribution in [2.75, 3.05) is 5.73 Å². The number of rotatable bonds is 1. The molecular formula is C11H7Cl2N3O. The molecule has 0 radical (unpaired) electrons. The standard InChI is InChI=1S/C11H7Cl2N3O/c12-7-3-8(13)11-15-9(6-1-2-17-5-6)10(14)16(11)4-7/h1-5H,14H2. The van der Waals surface area contributed by atoms with Crippen molar-refractivity contribution in [3.8, 4) is 11.3 Å². The summed E-state index contributed by atoms with van der Waals surface area (Å²) in [5.41, 5.74) is 8.02. The first-order valence-electron chi connectivity index (χ1n) is 4.82. The fourth-order valence-corrected chi connectivity index (χ4v) is 2.22. The summed E-state index contributed by atoms with van der Waals surface area (Å²) >= 11 is 12.0. The molecule has 6 heteroatoms. The van der Waals surface area contributed by atoms with Crippen molar-refractivity contribution >= 4 is 34.7 Å². The maximum Gasteiger partial charge on any atom is 0.158 e. The highest BCUT2D eigenvalue weighted by molar-refractivity contribution is 6.36. The number of hydrogen-bond donors (Lipinski definition) is 1. The molecule has 0 aromatic carbocycles. The number of hydrogen-bond acceptors (Lipinski definition) is 3. The Kier molecular flexibility index (Phi) is 2.28. The van der Waals surface area contributed by atoms with Gasteiger partial charge in [-0.25, -0.2) is 4.98 Å². The Morgan fingerprint density at radius 2 is 2.18 bits per heavy atom. The van der Waals surface area contributed by atoms with Gasteiger partial charge in [0.2, 0.25) is 0 Å². The van der Waals surface area contributed by atoms with Crippen LogP contribution in [0.2, 0.25) is 10.0 Å². The van der Waals surface area contributed by atoms with Gasteiger partial charge in [-0.1, -0.05) is 23.2 Å². The lowest BCUT2D eigenvalue weighted by atomic mass is 10.2. The first kappa shape index (κ1) is 10.5. The molecule has 2 N–H and O–H groups in total. The maximum absolute atomic E-state index is 6.06. The number of imidazole rings is 1. The summed E-state index contributed by atoms with van der Waals surface area (Å²) in [5, 5.41) is 0.962. The SMILES string of the molecule is Nc1c(-c2ccoc2)nc2c(Cl)cc(Cl)cn12. The molecule has 0 saturated carbocycles. The number of nitrogens with two attached hydrogens (primary N) is 1. The molecule has 0 amide bonds. The van der Waals surface area contributed by atoms with Crippen LogP contribution >= 0.6 is 23.2 Å². The van der Waals surface area contributed by atoms with Gasteiger partial charge in [0.05, 0.1) is 22.6 Å². The van der Waals surface area contributed by atoms with Gasteiger partial charge in [0, 0.05) is 11.8 Å². The van der Waals surface area contributed by atoms with Crippen LogP contribution in [-0.4, -0.2) is 9.38 Å². The quantitative estimate of drug-likeness (QED) is 0.735. The van der Waals surface area contributed by atoms with E-state index in [2.05, 4.69) is 4.98 Å². The zero-order valence-electron chi connectivity index (χ0n) is 8.52. The van der Waals surface area contributed by atoms with Crippen LogP contribution in [0.5, 0.6) is 0 Å². The lowest BCUT2D eigenvalue weighted by Gasteiger charge is -1.99. The summed E-state index contributed by atoms with van der Waals surface area (Å²) in [6, 6.07) is 3.41. The molecule has 0 aliphatic rings. The molecule has 0 saturated heterocycles. The Morgan fingerprint density at radius 3 is 2.88 bits per heavy atom. The minimum Gasteiger partial charge on any atom is -0.472 e. The summed E-state index contributed by atoms with van der Waals surface area (Å²) in [6.45, 7) is 0. The van der Waals surface area contributed by atoms with Gasteiger partial charge < -0.3 is 10.2 Å². The van der Waals surface area contributed by atoms with Crippen molar-refractivity contribution in [1.29, 1.82) is 0 Å². The third-order valence-electron chi connectivity index (χ3n) is 2.47. The first-order valence-corrected chi connectivity index (χ1v) is 5.57. The molecule has 3 aromatic rings. The number of furan rings is 1. The topological polar surface area (TPSA) is 56.5 Å². The molecule has 17 heavy (non-hydrogen) atoms. The molecule has 0 bridgehead atoms. The van der Waals surface area contributed by atoms with E-state index in [1.807, 2.05) is 0 Å². The largest absolute Gasteiger partial charge is 0.472 e. The van der Waals surface area contributed by atoms with Crippen LogP contribution < -0.4 is 5.73 Å². The van der Waals surface area contributed by atoms with Gasteiger partial charge in [-0.2, -0.15) is 0 Å². The minimum absolute atomic E-state index is 0.457. The molecule has 0 fully saturated rings. The third kappa shape index (κ3) is 1.57. The molecule has 0 spiro atoms. The van der Waals surface area contributed by atoms with E-state index in [4.69, 9.17) is 33.4 Å². The van der Waals surface area contributed by atoms with E-state index < -0.39 is 0 Å². The van der Waals surface area contributed by atoms with Crippen LogP contribution in [0.15, 0.2) is 35.3 Å². The van der Waals surface area contributed by atoms with E-state index in [0.717, 1.165) is 5.56 Å². The van der Waals surface area contributed by atoms with E-state index in [-0.39, 0.29) is 0 Å². The number of aromatic nitrogens is 2. The third-order valence-corrected chi connectivity index (χ3v) is 2.96. The van der Waals surface area contributed by atoms with Crippen LogP contribution in [0, 0.1) is 0 Å². The lowest BCUT2D eigenvalue weighted by molar-refractivity contribution is 0.568. The average Bonchev–Trinajstić information content (AvgIpc) is 2.87. The van der Waals surface area contributed by atoms with Crippen molar-refractivity contribution in [2.24, 2.45) is 0 Å². The summed E-state index contributed by atoms with van der Waals surface area (Å²) in [6.07, 6.45) is 4.82. The van der Waals surface area contributed by atoms with Crippen molar-refractivity contribution in [2.45, 2.75) is 0 Å². The van der Waals surface area contributed by atoms with Gasteiger partial charge in [-0.3, -0.25) is 4.40 Å². The number of fused-ring (bicyclic) bond motifs is 1. The fraction of sp³-hybridized carbons (Fsp3) is 0. The highest BCUT2D eigenvalue weighted by atomic mass is 35.5.